The van der Waals surface area contributed by atoms with E-state index in [9.17, 15) is 0 Å². The standard InChI is InChI=1S/C18H16N8/c1-12(13-3-4-16-19-6-8-25(16)11-13)26-18-17(22-23-26)20-9-15(21-18)14-5-7-24(2)10-14/h3-12H,1-2H3. The van der Waals surface area contributed by atoms with Crippen molar-refractivity contribution in [1.82, 2.24) is 38.9 Å². The molecular weight excluding hydrogens is 328 g/mol. The van der Waals surface area contributed by atoms with Crippen LogP contribution in [0.2, 0.25) is 0 Å². The van der Waals surface area contributed by atoms with Crippen LogP contribution in [0.5, 0.6) is 0 Å². The highest BCUT2D eigenvalue weighted by atomic mass is 15.5. The lowest BCUT2D eigenvalue weighted by molar-refractivity contribution is 0.554. The zero-order valence-corrected chi connectivity index (χ0v) is 14.4. The summed E-state index contributed by atoms with van der Waals surface area (Å²) in [6, 6.07) is 6.02. The van der Waals surface area contributed by atoms with Crippen LogP contribution in [0.3, 0.4) is 0 Å². The maximum absolute atomic E-state index is 4.76. The van der Waals surface area contributed by atoms with Crippen molar-refractivity contribution in [2.45, 2.75) is 13.0 Å². The number of aryl methyl sites for hydroxylation is 1. The minimum Gasteiger partial charge on any atom is -0.357 e. The Morgan fingerprint density at radius 1 is 1.04 bits per heavy atom. The summed E-state index contributed by atoms with van der Waals surface area (Å²) in [4.78, 5) is 13.5. The number of imidazole rings is 1. The number of fused-ring (bicyclic) bond motifs is 2. The second kappa shape index (κ2) is 5.48. The Hall–Kier alpha value is -3.55. The molecule has 0 aromatic carbocycles. The first kappa shape index (κ1) is 14.8. The summed E-state index contributed by atoms with van der Waals surface area (Å²) >= 11 is 0. The molecule has 8 nitrogen and oxygen atoms in total. The molecule has 0 radical (unpaired) electrons. The van der Waals surface area contributed by atoms with Crippen molar-refractivity contribution in [1.29, 1.82) is 0 Å². The Morgan fingerprint density at radius 2 is 1.96 bits per heavy atom. The number of rotatable bonds is 3. The number of nitrogens with zero attached hydrogens (tertiary/aromatic N) is 8. The SMILES string of the molecule is CC(c1ccc2nccn2c1)n1nnc2ncc(-c3ccn(C)c3)nc21. The summed E-state index contributed by atoms with van der Waals surface area (Å²) in [6.07, 6.45) is 11.5. The van der Waals surface area contributed by atoms with E-state index >= 15 is 0 Å². The molecule has 0 fully saturated rings. The molecule has 128 valence electrons. The van der Waals surface area contributed by atoms with Crippen LogP contribution in [-0.2, 0) is 7.05 Å². The van der Waals surface area contributed by atoms with Crippen molar-refractivity contribution in [2.24, 2.45) is 7.05 Å². The van der Waals surface area contributed by atoms with Crippen LogP contribution < -0.4 is 0 Å². The molecule has 26 heavy (non-hydrogen) atoms. The van der Waals surface area contributed by atoms with Gasteiger partial charge in [-0.15, -0.1) is 5.10 Å². The number of pyridine rings is 1. The highest BCUT2D eigenvalue weighted by Crippen LogP contribution is 2.23. The Labute approximate surface area is 148 Å². The third-order valence-corrected chi connectivity index (χ3v) is 4.58. The molecule has 5 aromatic heterocycles. The van der Waals surface area contributed by atoms with Crippen LogP contribution in [0.1, 0.15) is 18.5 Å². The van der Waals surface area contributed by atoms with Gasteiger partial charge in [-0.1, -0.05) is 11.3 Å². The highest BCUT2D eigenvalue weighted by molar-refractivity contribution is 5.70. The summed E-state index contributed by atoms with van der Waals surface area (Å²) < 4.78 is 5.79. The Kier molecular flexibility index (Phi) is 3.11. The number of hydrogen-bond donors (Lipinski definition) is 0. The van der Waals surface area contributed by atoms with Gasteiger partial charge in [-0.2, -0.15) is 0 Å². The fourth-order valence-corrected chi connectivity index (χ4v) is 3.11. The van der Waals surface area contributed by atoms with Gasteiger partial charge < -0.3 is 8.97 Å². The lowest BCUT2D eigenvalue weighted by atomic mass is 10.1. The second-order valence-electron chi connectivity index (χ2n) is 6.33. The molecule has 5 aromatic rings. The summed E-state index contributed by atoms with van der Waals surface area (Å²) in [5.74, 6) is 0. The average molecular weight is 344 g/mol. The van der Waals surface area contributed by atoms with Gasteiger partial charge in [0.05, 0.1) is 17.9 Å². The Morgan fingerprint density at radius 3 is 2.81 bits per heavy atom. The van der Waals surface area contributed by atoms with Crippen LogP contribution in [0.25, 0.3) is 28.2 Å². The molecule has 5 rings (SSSR count). The minimum absolute atomic E-state index is 0.0351. The third-order valence-electron chi connectivity index (χ3n) is 4.58. The monoisotopic (exact) mass is 344 g/mol. The fourth-order valence-electron chi connectivity index (χ4n) is 3.11. The average Bonchev–Trinajstić information content (AvgIpc) is 3.38. The van der Waals surface area contributed by atoms with Crippen LogP contribution in [0.15, 0.2) is 55.4 Å². The molecule has 0 aliphatic rings. The molecule has 1 unspecified atom stereocenters. The van der Waals surface area contributed by atoms with Crippen LogP contribution in [0, 0.1) is 0 Å². The first-order valence-corrected chi connectivity index (χ1v) is 8.32. The van der Waals surface area contributed by atoms with Crippen LogP contribution in [-0.4, -0.2) is 38.9 Å². The van der Waals surface area contributed by atoms with E-state index in [0.717, 1.165) is 22.5 Å². The first-order chi connectivity index (χ1) is 12.7. The molecule has 0 spiro atoms. The zero-order valence-electron chi connectivity index (χ0n) is 14.4. The molecule has 0 aliphatic heterocycles. The van der Waals surface area contributed by atoms with E-state index in [4.69, 9.17) is 4.98 Å². The van der Waals surface area contributed by atoms with E-state index < -0.39 is 0 Å². The summed E-state index contributed by atoms with van der Waals surface area (Å²) in [6.45, 7) is 2.07. The fraction of sp³-hybridized carbons (Fsp3) is 0.167. The molecule has 0 saturated carbocycles. The zero-order chi connectivity index (χ0) is 17.7. The van der Waals surface area contributed by atoms with Gasteiger partial charge in [0.2, 0.25) is 5.65 Å². The van der Waals surface area contributed by atoms with Crippen molar-refractivity contribution in [2.75, 3.05) is 0 Å². The molecule has 8 heteroatoms. The molecular formula is C18H16N8. The van der Waals surface area contributed by atoms with Gasteiger partial charge in [-0.05, 0) is 24.6 Å². The predicted molar refractivity (Wildman–Crippen MR) is 96.5 cm³/mol. The van der Waals surface area contributed by atoms with E-state index in [1.165, 1.54) is 0 Å². The van der Waals surface area contributed by atoms with Crippen molar-refractivity contribution >= 4 is 16.9 Å². The molecule has 0 saturated heterocycles. The van der Waals surface area contributed by atoms with Crippen molar-refractivity contribution in [3.63, 3.8) is 0 Å². The Balaban J connectivity index is 1.61. The predicted octanol–water partition coefficient (Wildman–Crippen LogP) is 2.48. The van der Waals surface area contributed by atoms with E-state index in [0.29, 0.717) is 11.3 Å². The molecule has 1 atom stereocenters. The molecule has 0 aliphatic carbocycles. The number of hydrogen-bond acceptors (Lipinski definition) is 5. The summed E-state index contributed by atoms with van der Waals surface area (Å²) in [5, 5.41) is 8.46. The van der Waals surface area contributed by atoms with Gasteiger partial charge >= 0.3 is 0 Å². The lowest BCUT2D eigenvalue weighted by Crippen LogP contribution is -2.10. The molecule has 0 N–H and O–H groups in total. The lowest BCUT2D eigenvalue weighted by Gasteiger charge is -2.13. The van der Waals surface area contributed by atoms with Gasteiger partial charge in [-0.25, -0.2) is 19.6 Å². The van der Waals surface area contributed by atoms with E-state index in [2.05, 4.69) is 39.5 Å². The molecule has 0 amide bonds. The Bertz CT molecular complexity index is 1230. The van der Waals surface area contributed by atoms with Crippen molar-refractivity contribution in [3.05, 3.63) is 60.9 Å². The van der Waals surface area contributed by atoms with Gasteiger partial charge in [0.15, 0.2) is 5.65 Å². The minimum atomic E-state index is -0.0351. The van der Waals surface area contributed by atoms with Crippen molar-refractivity contribution < 1.29 is 0 Å². The van der Waals surface area contributed by atoms with Gasteiger partial charge in [-0.3, -0.25) is 0 Å². The second-order valence-corrected chi connectivity index (χ2v) is 6.33. The van der Waals surface area contributed by atoms with Crippen LogP contribution in [0.4, 0.5) is 0 Å². The van der Waals surface area contributed by atoms with E-state index in [-0.39, 0.29) is 6.04 Å². The maximum Gasteiger partial charge on any atom is 0.221 e. The number of aromatic nitrogens is 8. The first-order valence-electron chi connectivity index (χ1n) is 8.32. The summed E-state index contributed by atoms with van der Waals surface area (Å²) in [5.41, 5.74) is 5.04. The van der Waals surface area contributed by atoms with Gasteiger partial charge in [0.25, 0.3) is 0 Å². The van der Waals surface area contributed by atoms with Gasteiger partial charge in [0.1, 0.15) is 5.65 Å². The molecule has 5 heterocycles. The van der Waals surface area contributed by atoms with E-state index in [1.807, 2.05) is 51.4 Å². The third kappa shape index (κ3) is 2.26. The highest BCUT2D eigenvalue weighted by Gasteiger charge is 2.17. The smallest absolute Gasteiger partial charge is 0.221 e. The maximum atomic E-state index is 4.76. The van der Waals surface area contributed by atoms with E-state index in [1.54, 1.807) is 12.4 Å². The van der Waals surface area contributed by atoms with Gasteiger partial charge in [0, 0.05) is 43.6 Å². The summed E-state index contributed by atoms with van der Waals surface area (Å²) in [7, 11) is 1.98. The topological polar surface area (TPSA) is 78.7 Å². The van der Waals surface area contributed by atoms with Crippen molar-refractivity contribution in [3.8, 4) is 11.3 Å². The normalized spacial score (nSPS) is 12.8. The molecule has 0 bridgehead atoms. The largest absolute Gasteiger partial charge is 0.357 e. The van der Waals surface area contributed by atoms with Crippen LogP contribution >= 0.6 is 0 Å². The quantitative estimate of drug-likeness (QED) is 0.502.